The van der Waals surface area contributed by atoms with E-state index in [-0.39, 0.29) is 24.1 Å². The van der Waals surface area contributed by atoms with Crippen molar-refractivity contribution < 1.29 is 9.59 Å². The zero-order valence-electron chi connectivity index (χ0n) is 14.4. The normalized spacial score (nSPS) is 10.5. The molecule has 2 amide bonds. The molecule has 3 aromatic rings. The van der Waals surface area contributed by atoms with Gasteiger partial charge in [-0.1, -0.05) is 47.5 Å². The summed E-state index contributed by atoms with van der Waals surface area (Å²) in [6.45, 7) is -0.129. The van der Waals surface area contributed by atoms with Crippen LogP contribution in [-0.4, -0.2) is 40.5 Å². The lowest BCUT2D eigenvalue weighted by Gasteiger charge is -2.16. The van der Waals surface area contributed by atoms with Gasteiger partial charge in [-0.05, 0) is 30.3 Å². The minimum Gasteiger partial charge on any atom is -0.331 e. The van der Waals surface area contributed by atoms with Crippen molar-refractivity contribution >= 4 is 40.7 Å². The van der Waals surface area contributed by atoms with Crippen LogP contribution in [0.25, 0.3) is 11.3 Å². The molecule has 0 atom stereocenters. The molecule has 27 heavy (non-hydrogen) atoms. The summed E-state index contributed by atoms with van der Waals surface area (Å²) in [4.78, 5) is 26.0. The van der Waals surface area contributed by atoms with E-state index in [0.717, 1.165) is 5.56 Å². The highest BCUT2D eigenvalue weighted by atomic mass is 35.5. The minimum absolute atomic E-state index is 0.129. The highest BCUT2D eigenvalue weighted by Gasteiger charge is 2.18. The first-order chi connectivity index (χ1) is 12.9. The third kappa shape index (κ3) is 4.67. The number of carbonyl (C=O) groups is 2. The van der Waals surface area contributed by atoms with Crippen LogP contribution in [0.4, 0.5) is 5.69 Å². The maximum Gasteiger partial charge on any atom is 0.272 e. The summed E-state index contributed by atoms with van der Waals surface area (Å²) >= 11 is 12.0. The van der Waals surface area contributed by atoms with Gasteiger partial charge in [-0.3, -0.25) is 14.7 Å². The summed E-state index contributed by atoms with van der Waals surface area (Å²) in [5.41, 5.74) is 2.15. The molecule has 0 aliphatic rings. The van der Waals surface area contributed by atoms with Crippen molar-refractivity contribution in [2.75, 3.05) is 18.9 Å². The third-order valence-electron chi connectivity index (χ3n) is 3.80. The lowest BCUT2D eigenvalue weighted by atomic mass is 10.1. The summed E-state index contributed by atoms with van der Waals surface area (Å²) < 4.78 is 0. The monoisotopic (exact) mass is 402 g/mol. The Labute approximate surface area is 166 Å². The molecule has 2 aromatic carbocycles. The van der Waals surface area contributed by atoms with Crippen LogP contribution >= 0.6 is 23.2 Å². The molecule has 6 nitrogen and oxygen atoms in total. The van der Waals surface area contributed by atoms with Crippen LogP contribution in [0.3, 0.4) is 0 Å². The fourth-order valence-corrected chi connectivity index (χ4v) is 2.85. The van der Waals surface area contributed by atoms with Gasteiger partial charge in [-0.15, -0.1) is 0 Å². The fourth-order valence-electron chi connectivity index (χ4n) is 2.47. The first-order valence-corrected chi connectivity index (χ1v) is 8.81. The van der Waals surface area contributed by atoms with E-state index in [1.54, 1.807) is 48.5 Å². The summed E-state index contributed by atoms with van der Waals surface area (Å²) in [6, 6.07) is 15.7. The molecule has 0 bridgehead atoms. The Morgan fingerprint density at radius 3 is 2.63 bits per heavy atom. The van der Waals surface area contributed by atoms with Crippen molar-refractivity contribution in [1.82, 2.24) is 15.1 Å². The van der Waals surface area contributed by atoms with Gasteiger partial charge in [0.05, 0.1) is 22.9 Å². The number of nitrogens with zero attached hydrogens (tertiary/aromatic N) is 2. The number of likely N-dealkylation sites (N-methyl/N-ethyl adjacent to an activating group) is 1. The van der Waals surface area contributed by atoms with Crippen LogP contribution in [0.15, 0.2) is 54.6 Å². The number of benzene rings is 2. The predicted molar refractivity (Wildman–Crippen MR) is 106 cm³/mol. The van der Waals surface area contributed by atoms with Gasteiger partial charge in [-0.25, -0.2) is 0 Å². The first kappa shape index (κ1) is 18.9. The maximum absolute atomic E-state index is 12.5. The maximum atomic E-state index is 12.5. The van der Waals surface area contributed by atoms with Crippen molar-refractivity contribution in [2.24, 2.45) is 0 Å². The Balaban J connectivity index is 1.65. The quantitative estimate of drug-likeness (QED) is 0.674. The average Bonchev–Trinajstić information content (AvgIpc) is 3.13. The van der Waals surface area contributed by atoms with E-state index < -0.39 is 0 Å². The number of carbonyl (C=O) groups excluding carboxylic acids is 2. The van der Waals surface area contributed by atoms with Crippen molar-refractivity contribution in [3.8, 4) is 11.3 Å². The number of H-pyrrole nitrogens is 1. The van der Waals surface area contributed by atoms with Crippen molar-refractivity contribution in [1.29, 1.82) is 0 Å². The van der Waals surface area contributed by atoms with E-state index in [1.807, 2.05) is 6.07 Å². The smallest absolute Gasteiger partial charge is 0.272 e. The zero-order chi connectivity index (χ0) is 19.4. The van der Waals surface area contributed by atoms with Crippen molar-refractivity contribution in [3.63, 3.8) is 0 Å². The molecular weight excluding hydrogens is 387 g/mol. The number of rotatable bonds is 5. The molecule has 0 fully saturated rings. The molecule has 0 radical (unpaired) electrons. The molecular formula is C19H16Cl2N4O2. The lowest BCUT2D eigenvalue weighted by Crippen LogP contribution is -2.35. The van der Waals surface area contributed by atoms with Gasteiger partial charge in [0.1, 0.15) is 5.69 Å². The number of halogens is 2. The van der Waals surface area contributed by atoms with E-state index >= 15 is 0 Å². The topological polar surface area (TPSA) is 78.1 Å². The van der Waals surface area contributed by atoms with Crippen LogP contribution < -0.4 is 5.32 Å². The van der Waals surface area contributed by atoms with Gasteiger partial charge in [0.2, 0.25) is 5.91 Å². The van der Waals surface area contributed by atoms with Gasteiger partial charge in [0, 0.05) is 17.6 Å². The Morgan fingerprint density at radius 1 is 1.11 bits per heavy atom. The number of anilines is 1. The Kier molecular flexibility index (Phi) is 5.78. The second-order valence-corrected chi connectivity index (χ2v) is 6.71. The van der Waals surface area contributed by atoms with Crippen molar-refractivity contribution in [2.45, 2.75) is 0 Å². The standard InChI is InChI=1S/C19H16Cl2N4O2/c1-25(11-18(26)22-15-8-3-2-7-14(15)21)19(27)17-10-16(23-24-17)12-5-4-6-13(20)9-12/h2-10H,11H2,1H3,(H,22,26)(H,23,24). The Hall–Kier alpha value is -2.83. The van der Waals surface area contributed by atoms with E-state index in [4.69, 9.17) is 23.2 Å². The highest BCUT2D eigenvalue weighted by Crippen LogP contribution is 2.22. The van der Waals surface area contributed by atoms with Crippen LogP contribution in [0.5, 0.6) is 0 Å². The lowest BCUT2D eigenvalue weighted by molar-refractivity contribution is -0.116. The molecule has 0 saturated heterocycles. The predicted octanol–water partition coefficient (Wildman–Crippen LogP) is 4.09. The molecule has 1 heterocycles. The van der Waals surface area contributed by atoms with Gasteiger partial charge < -0.3 is 10.2 Å². The average molecular weight is 403 g/mol. The Bertz CT molecular complexity index is 987. The number of para-hydroxylation sites is 1. The summed E-state index contributed by atoms with van der Waals surface area (Å²) in [7, 11) is 1.54. The molecule has 138 valence electrons. The molecule has 1 aromatic heterocycles. The van der Waals surface area contributed by atoms with Crippen LogP contribution in [0.2, 0.25) is 10.0 Å². The number of hydrogen-bond donors (Lipinski definition) is 2. The molecule has 3 rings (SSSR count). The summed E-state index contributed by atoms with van der Waals surface area (Å²) in [6.07, 6.45) is 0. The largest absolute Gasteiger partial charge is 0.331 e. The second-order valence-electron chi connectivity index (χ2n) is 5.87. The van der Waals surface area contributed by atoms with E-state index in [9.17, 15) is 9.59 Å². The van der Waals surface area contributed by atoms with E-state index in [1.165, 1.54) is 11.9 Å². The number of hydrogen-bond acceptors (Lipinski definition) is 3. The first-order valence-electron chi connectivity index (χ1n) is 8.05. The molecule has 0 saturated carbocycles. The van der Waals surface area contributed by atoms with Crippen LogP contribution in [0.1, 0.15) is 10.5 Å². The fraction of sp³-hybridized carbons (Fsp3) is 0.105. The zero-order valence-corrected chi connectivity index (χ0v) is 15.9. The van der Waals surface area contributed by atoms with Crippen LogP contribution in [0, 0.1) is 0 Å². The van der Waals surface area contributed by atoms with Gasteiger partial charge >= 0.3 is 0 Å². The number of aromatic nitrogens is 2. The summed E-state index contributed by atoms with van der Waals surface area (Å²) in [5, 5.41) is 10.5. The molecule has 2 N–H and O–H groups in total. The molecule has 0 aliphatic heterocycles. The summed E-state index contributed by atoms with van der Waals surface area (Å²) in [5.74, 6) is -0.710. The third-order valence-corrected chi connectivity index (χ3v) is 4.37. The molecule has 0 aliphatic carbocycles. The second kappa shape index (κ2) is 8.24. The number of amides is 2. The minimum atomic E-state index is -0.356. The van der Waals surface area contributed by atoms with E-state index in [2.05, 4.69) is 15.5 Å². The van der Waals surface area contributed by atoms with Gasteiger partial charge in [0.25, 0.3) is 5.91 Å². The number of nitrogens with one attached hydrogen (secondary N) is 2. The Morgan fingerprint density at radius 2 is 1.89 bits per heavy atom. The van der Waals surface area contributed by atoms with E-state index in [0.29, 0.717) is 21.4 Å². The number of aromatic amines is 1. The molecule has 8 heteroatoms. The SMILES string of the molecule is CN(CC(=O)Nc1ccccc1Cl)C(=O)c1cc(-c2cccc(Cl)c2)n[nH]1. The van der Waals surface area contributed by atoms with Gasteiger partial charge in [-0.2, -0.15) is 5.10 Å². The van der Waals surface area contributed by atoms with Gasteiger partial charge in [0.15, 0.2) is 0 Å². The molecule has 0 spiro atoms. The van der Waals surface area contributed by atoms with Crippen LogP contribution in [-0.2, 0) is 4.79 Å². The van der Waals surface area contributed by atoms with Crippen molar-refractivity contribution in [3.05, 3.63) is 70.3 Å². The molecule has 0 unspecified atom stereocenters. The highest BCUT2D eigenvalue weighted by molar-refractivity contribution is 6.33.